The first-order valence-electron chi connectivity index (χ1n) is 10.4. The average molecular weight is 466 g/mol. The molecule has 0 fully saturated rings. The molecule has 33 heavy (non-hydrogen) atoms. The van der Waals surface area contributed by atoms with Crippen LogP contribution in [0.1, 0.15) is 28.6 Å². The van der Waals surface area contributed by atoms with Crippen LogP contribution in [-0.4, -0.2) is 38.4 Å². The molecule has 2 aromatic carbocycles. The van der Waals surface area contributed by atoms with Crippen LogP contribution in [0, 0.1) is 19.7 Å². The monoisotopic (exact) mass is 465 g/mol. The van der Waals surface area contributed by atoms with Gasteiger partial charge in [-0.05, 0) is 37.8 Å². The third kappa shape index (κ3) is 5.14. The molecule has 170 valence electrons. The number of aromatic nitrogens is 4. The molecule has 0 bridgehead atoms. The van der Waals surface area contributed by atoms with Crippen LogP contribution in [0.2, 0.25) is 0 Å². The molecule has 9 heteroatoms. The first-order chi connectivity index (χ1) is 16.0. The maximum atomic E-state index is 14.0. The Morgan fingerprint density at radius 3 is 2.58 bits per heavy atom. The number of benzene rings is 2. The number of halogens is 1. The Labute approximate surface area is 195 Å². The van der Waals surface area contributed by atoms with Gasteiger partial charge >= 0.3 is 0 Å². The second-order valence-corrected chi connectivity index (χ2v) is 8.29. The molecule has 4 aromatic rings. The molecule has 1 N–H and O–H groups in total. The Morgan fingerprint density at radius 2 is 1.85 bits per heavy atom. The van der Waals surface area contributed by atoms with E-state index in [0.29, 0.717) is 10.9 Å². The van der Waals surface area contributed by atoms with Gasteiger partial charge in [0, 0.05) is 17.0 Å². The molecular weight excluding hydrogens is 441 g/mol. The summed E-state index contributed by atoms with van der Waals surface area (Å²) in [5.74, 6) is 0.0148. The summed E-state index contributed by atoms with van der Waals surface area (Å²) in [5, 5.41) is 8.09. The van der Waals surface area contributed by atoms with Crippen molar-refractivity contribution in [3.05, 3.63) is 82.9 Å². The van der Waals surface area contributed by atoms with E-state index in [-0.39, 0.29) is 24.7 Å². The van der Waals surface area contributed by atoms with Gasteiger partial charge in [-0.2, -0.15) is 4.98 Å². The molecule has 7 nitrogen and oxygen atoms in total. The topological polar surface area (TPSA) is 81.4 Å². The Morgan fingerprint density at radius 1 is 1.12 bits per heavy atom. The fourth-order valence-electron chi connectivity index (χ4n) is 3.58. The number of hydrogen-bond acceptors (Lipinski definition) is 6. The number of carbonyl (C=O) groups is 1. The van der Waals surface area contributed by atoms with E-state index in [1.807, 2.05) is 50.4 Å². The summed E-state index contributed by atoms with van der Waals surface area (Å²) in [7, 11) is 0. The Bertz CT molecular complexity index is 1280. The van der Waals surface area contributed by atoms with E-state index in [9.17, 15) is 9.18 Å². The number of nitrogens with zero attached hydrogens (tertiary/aromatic N) is 4. The van der Waals surface area contributed by atoms with Crippen LogP contribution in [0.15, 0.2) is 59.8 Å². The summed E-state index contributed by atoms with van der Waals surface area (Å²) < 4.78 is 21.4. The molecule has 1 amide bonds. The number of rotatable bonds is 8. The minimum atomic E-state index is -0.454. The largest absolute Gasteiger partial charge is 0.488 e. The number of fused-ring (bicyclic) bond motifs is 1. The summed E-state index contributed by atoms with van der Waals surface area (Å²) in [6.45, 7) is 3.85. The first kappa shape index (κ1) is 22.7. The first-order valence-corrected chi connectivity index (χ1v) is 11.7. The van der Waals surface area contributed by atoms with E-state index < -0.39 is 11.9 Å². The number of nitrogens with one attached hydrogen (secondary N) is 1. The normalized spacial score (nSPS) is 12.0. The Kier molecular flexibility index (Phi) is 6.88. The predicted octanol–water partition coefficient (Wildman–Crippen LogP) is 4.08. The number of para-hydroxylation sites is 1. The lowest BCUT2D eigenvalue weighted by atomic mass is 10.1. The van der Waals surface area contributed by atoms with Crippen LogP contribution >= 0.6 is 11.8 Å². The second-order valence-electron chi connectivity index (χ2n) is 7.52. The van der Waals surface area contributed by atoms with Crippen LogP contribution in [-0.2, 0) is 11.2 Å². The van der Waals surface area contributed by atoms with Crippen molar-refractivity contribution >= 4 is 23.4 Å². The maximum Gasteiger partial charge on any atom is 0.253 e. The minimum Gasteiger partial charge on any atom is -0.488 e. The number of carbonyl (C=O) groups excluding carboxylic acids is 1. The van der Waals surface area contributed by atoms with E-state index >= 15 is 0 Å². The van der Waals surface area contributed by atoms with Gasteiger partial charge in [-0.3, -0.25) is 4.79 Å². The summed E-state index contributed by atoms with van der Waals surface area (Å²) in [6, 6.07) is 15.2. The van der Waals surface area contributed by atoms with Gasteiger partial charge in [0.1, 0.15) is 6.61 Å². The molecule has 0 radical (unpaired) electrons. The predicted molar refractivity (Wildman–Crippen MR) is 125 cm³/mol. The summed E-state index contributed by atoms with van der Waals surface area (Å²) >= 11 is 1.44. The van der Waals surface area contributed by atoms with Crippen molar-refractivity contribution in [1.29, 1.82) is 0 Å². The highest BCUT2D eigenvalue weighted by molar-refractivity contribution is 7.98. The second kappa shape index (κ2) is 9.99. The number of thioether (sulfide) groups is 1. The van der Waals surface area contributed by atoms with Gasteiger partial charge < -0.3 is 10.1 Å². The Hall–Kier alpha value is -3.46. The lowest BCUT2D eigenvalue weighted by molar-refractivity contribution is -0.121. The van der Waals surface area contributed by atoms with E-state index in [4.69, 9.17) is 4.74 Å². The lowest BCUT2D eigenvalue weighted by Crippen LogP contribution is -2.34. The van der Waals surface area contributed by atoms with Crippen molar-refractivity contribution in [3.8, 4) is 5.75 Å². The smallest absolute Gasteiger partial charge is 0.253 e. The molecular formula is C24H24FN5O2S. The molecule has 4 rings (SSSR count). The standard InChI is InChI=1S/C24H24FN5O2S/c1-15-18(16(2)30-23(26-15)28-24(29-30)33-3)13-22(31)27-20(17-9-5-4-6-10-17)14-32-21-12-8-7-11-19(21)25/h4-12,20H,13-14H2,1-3H3,(H,27,31). The van der Waals surface area contributed by atoms with Crippen LogP contribution in [0.4, 0.5) is 4.39 Å². The third-order valence-corrected chi connectivity index (χ3v) is 5.87. The van der Waals surface area contributed by atoms with Crippen LogP contribution in [0.25, 0.3) is 5.78 Å². The van der Waals surface area contributed by atoms with Gasteiger partial charge in [-0.1, -0.05) is 54.2 Å². The lowest BCUT2D eigenvalue weighted by Gasteiger charge is -2.20. The van der Waals surface area contributed by atoms with Crippen molar-refractivity contribution < 1.29 is 13.9 Å². The van der Waals surface area contributed by atoms with Crippen molar-refractivity contribution in [1.82, 2.24) is 24.9 Å². The zero-order valence-corrected chi connectivity index (χ0v) is 19.4. The van der Waals surface area contributed by atoms with E-state index in [1.54, 1.807) is 22.7 Å². The third-order valence-electron chi connectivity index (χ3n) is 5.33. The molecule has 1 unspecified atom stereocenters. The highest BCUT2D eigenvalue weighted by Gasteiger charge is 2.20. The molecule has 0 saturated heterocycles. The van der Waals surface area contributed by atoms with E-state index in [0.717, 1.165) is 22.5 Å². The molecule has 0 aliphatic rings. The van der Waals surface area contributed by atoms with Crippen LogP contribution in [0.5, 0.6) is 5.75 Å². The fourth-order valence-corrected chi connectivity index (χ4v) is 3.92. The fraction of sp³-hybridized carbons (Fsp3) is 0.250. The van der Waals surface area contributed by atoms with Gasteiger partial charge in [0.2, 0.25) is 11.1 Å². The van der Waals surface area contributed by atoms with Crippen LogP contribution in [0.3, 0.4) is 0 Å². The highest BCUT2D eigenvalue weighted by atomic mass is 32.2. The molecule has 0 aliphatic carbocycles. The van der Waals surface area contributed by atoms with Gasteiger partial charge in [-0.25, -0.2) is 13.9 Å². The van der Waals surface area contributed by atoms with Gasteiger partial charge in [0.25, 0.3) is 5.78 Å². The minimum absolute atomic E-state index is 0.0894. The van der Waals surface area contributed by atoms with Crippen molar-refractivity contribution in [2.75, 3.05) is 12.9 Å². The van der Waals surface area contributed by atoms with Crippen molar-refractivity contribution in [2.24, 2.45) is 0 Å². The summed E-state index contributed by atoms with van der Waals surface area (Å²) in [5.41, 5.74) is 3.21. The SMILES string of the molecule is CSc1nc2nc(C)c(CC(=O)NC(COc3ccccc3F)c3ccccc3)c(C)n2n1. The van der Waals surface area contributed by atoms with Crippen molar-refractivity contribution in [2.45, 2.75) is 31.5 Å². The van der Waals surface area contributed by atoms with E-state index in [1.165, 1.54) is 17.8 Å². The Balaban J connectivity index is 1.54. The quantitative estimate of drug-likeness (QED) is 0.395. The molecule has 2 aromatic heterocycles. The maximum absolute atomic E-state index is 14.0. The van der Waals surface area contributed by atoms with Crippen molar-refractivity contribution in [3.63, 3.8) is 0 Å². The van der Waals surface area contributed by atoms with Gasteiger partial charge in [0.15, 0.2) is 11.6 Å². The average Bonchev–Trinajstić information content (AvgIpc) is 3.24. The zero-order chi connectivity index (χ0) is 23.4. The summed E-state index contributed by atoms with van der Waals surface area (Å²) in [4.78, 5) is 21.9. The molecule has 0 saturated carbocycles. The highest BCUT2D eigenvalue weighted by Crippen LogP contribution is 2.21. The van der Waals surface area contributed by atoms with Gasteiger partial charge in [0.05, 0.1) is 12.5 Å². The zero-order valence-electron chi connectivity index (χ0n) is 18.6. The van der Waals surface area contributed by atoms with E-state index in [2.05, 4.69) is 20.4 Å². The molecule has 0 spiro atoms. The molecule has 2 heterocycles. The van der Waals surface area contributed by atoms with Crippen LogP contribution < -0.4 is 10.1 Å². The number of aryl methyl sites for hydroxylation is 2. The van der Waals surface area contributed by atoms with Gasteiger partial charge in [-0.15, -0.1) is 5.10 Å². The number of ether oxygens (including phenoxy) is 1. The number of hydrogen-bond donors (Lipinski definition) is 1. The number of amides is 1. The molecule has 1 atom stereocenters. The summed E-state index contributed by atoms with van der Waals surface area (Å²) in [6.07, 6.45) is 2.02. The molecule has 0 aliphatic heterocycles.